The van der Waals surface area contributed by atoms with Crippen LogP contribution in [0.3, 0.4) is 0 Å². The zero-order valence-corrected chi connectivity index (χ0v) is 31.9. The minimum Gasteiger partial charge on any atom is -0.467 e. The van der Waals surface area contributed by atoms with Crippen molar-refractivity contribution in [1.29, 1.82) is 0 Å². The molecule has 55 heavy (non-hydrogen) atoms. The second-order valence-corrected chi connectivity index (χ2v) is 14.2. The molecule has 0 saturated carbocycles. The Morgan fingerprint density at radius 1 is 0.982 bits per heavy atom. The van der Waals surface area contributed by atoms with E-state index < -0.39 is 82.9 Å². The van der Waals surface area contributed by atoms with Crippen LogP contribution in [0.5, 0.6) is 0 Å². The lowest BCUT2D eigenvalue weighted by Crippen LogP contribution is -2.61. The van der Waals surface area contributed by atoms with Crippen LogP contribution in [0.1, 0.15) is 64.3 Å². The molecule has 4 amide bonds. The first kappa shape index (κ1) is 43.7. The van der Waals surface area contributed by atoms with Crippen molar-refractivity contribution in [3.8, 4) is 0 Å². The Kier molecular flexibility index (Phi) is 16.0. The van der Waals surface area contributed by atoms with Gasteiger partial charge in [-0.25, -0.2) is 14.6 Å². The second kappa shape index (κ2) is 20.1. The van der Waals surface area contributed by atoms with E-state index in [4.69, 9.17) is 15.2 Å². The largest absolute Gasteiger partial charge is 0.467 e. The highest BCUT2D eigenvalue weighted by molar-refractivity contribution is 6.03. The first-order valence-corrected chi connectivity index (χ1v) is 17.9. The third-order valence-corrected chi connectivity index (χ3v) is 8.78. The molecular weight excluding hydrogens is 714 g/mol. The first-order chi connectivity index (χ1) is 25.9. The predicted molar refractivity (Wildman–Crippen MR) is 200 cm³/mol. The number of alkyl carbamates (subject to hydrolysis) is 1. The summed E-state index contributed by atoms with van der Waals surface area (Å²) in [6.45, 7) is 8.39. The smallest absolute Gasteiger partial charge is 0.408 e. The zero-order chi connectivity index (χ0) is 40.9. The molecule has 17 nitrogen and oxygen atoms in total. The molecule has 0 aliphatic carbocycles. The Labute approximate surface area is 319 Å². The van der Waals surface area contributed by atoms with Crippen molar-refractivity contribution in [3.05, 3.63) is 94.1 Å². The van der Waals surface area contributed by atoms with Crippen LogP contribution in [-0.4, -0.2) is 97.7 Å². The molecule has 6 N–H and O–H groups in total. The Morgan fingerprint density at radius 3 is 2.16 bits per heavy atom. The van der Waals surface area contributed by atoms with Gasteiger partial charge in [0, 0.05) is 37.2 Å². The molecule has 17 heteroatoms. The van der Waals surface area contributed by atoms with Gasteiger partial charge in [0.25, 0.3) is 11.6 Å². The van der Waals surface area contributed by atoms with E-state index in [-0.39, 0.29) is 24.9 Å². The number of aromatic nitrogens is 2. The van der Waals surface area contributed by atoms with Crippen LogP contribution in [0.15, 0.2) is 67.1 Å². The topological polar surface area (TPSA) is 249 Å². The van der Waals surface area contributed by atoms with E-state index in [1.165, 1.54) is 36.8 Å². The van der Waals surface area contributed by atoms with E-state index in [1.54, 1.807) is 65.0 Å². The Bertz CT molecular complexity index is 1750. The van der Waals surface area contributed by atoms with Gasteiger partial charge in [0.1, 0.15) is 23.7 Å². The summed E-state index contributed by atoms with van der Waals surface area (Å²) in [6.07, 6.45) is -0.129. The van der Waals surface area contributed by atoms with Crippen LogP contribution in [-0.2, 0) is 47.9 Å². The number of non-ortho nitro benzene ring substituents is 1. The lowest BCUT2D eigenvalue weighted by Gasteiger charge is -2.35. The van der Waals surface area contributed by atoms with E-state index in [0.29, 0.717) is 28.1 Å². The van der Waals surface area contributed by atoms with Gasteiger partial charge in [-0.15, -0.1) is 0 Å². The number of hydrogen-bond donors (Lipinski definition) is 5. The van der Waals surface area contributed by atoms with Crippen molar-refractivity contribution in [1.82, 2.24) is 25.5 Å². The lowest BCUT2D eigenvalue weighted by molar-refractivity contribution is -0.384. The van der Waals surface area contributed by atoms with Crippen molar-refractivity contribution < 1.29 is 43.5 Å². The quantitative estimate of drug-likeness (QED) is 0.0713. The van der Waals surface area contributed by atoms with Crippen LogP contribution < -0.4 is 16.4 Å². The number of carbonyl (C=O) groups excluding carboxylic acids is 5. The van der Waals surface area contributed by atoms with Crippen molar-refractivity contribution >= 4 is 35.5 Å². The molecule has 0 radical (unpaired) electrons. The highest BCUT2D eigenvalue weighted by Crippen LogP contribution is 2.22. The molecule has 2 aromatic carbocycles. The number of nitrogens with one attached hydrogen (secondary N) is 3. The average Bonchev–Trinajstić information content (AvgIpc) is 3.65. The van der Waals surface area contributed by atoms with E-state index in [0.717, 1.165) is 7.11 Å². The number of methoxy groups -OCH3 is 1. The monoisotopic (exact) mass is 765 g/mol. The maximum atomic E-state index is 14.7. The van der Waals surface area contributed by atoms with E-state index in [2.05, 4.69) is 20.6 Å². The maximum Gasteiger partial charge on any atom is 0.408 e. The molecule has 1 heterocycles. The van der Waals surface area contributed by atoms with Crippen molar-refractivity contribution in [2.24, 2.45) is 11.7 Å². The van der Waals surface area contributed by atoms with Gasteiger partial charge in [-0.1, -0.05) is 62.7 Å². The standard InChI is InChI=1S/C38H51N7O10/c1-7-23(2)33(36(50)54-6)44(32(47)20-31(46)28(39)17-25-13-15-27(16-14-25)45(52)53)35(49)30(19-26-21-40-22-41-26)42-34(48)29(18-24-11-9-8-10-12-24)43-37(51)55-38(3,4)5/h8-16,21-23,28-31,33,46H,7,17-20,39H2,1-6H3,(H,40,41)(H,42,48)(H,43,51)/t23-,28-,29-,30-,31?,33-/m0/s1. The number of nitro groups is 1. The highest BCUT2D eigenvalue weighted by Gasteiger charge is 2.43. The van der Waals surface area contributed by atoms with E-state index in [9.17, 15) is 39.2 Å². The Morgan fingerprint density at radius 2 is 1.62 bits per heavy atom. The number of amides is 4. The number of nitrogens with zero attached hydrogens (tertiary/aromatic N) is 3. The fraction of sp³-hybridized carbons (Fsp3) is 0.474. The molecule has 0 bridgehead atoms. The number of esters is 1. The van der Waals surface area contributed by atoms with Crippen LogP contribution in [0, 0.1) is 16.0 Å². The maximum absolute atomic E-state index is 14.7. The molecule has 0 aliphatic rings. The molecule has 298 valence electrons. The summed E-state index contributed by atoms with van der Waals surface area (Å²) in [6, 6.07) is 9.07. The van der Waals surface area contributed by atoms with E-state index in [1.807, 2.05) is 0 Å². The third-order valence-electron chi connectivity index (χ3n) is 8.78. The number of imidazole rings is 1. The molecule has 0 fully saturated rings. The molecule has 0 aliphatic heterocycles. The molecule has 1 unspecified atom stereocenters. The van der Waals surface area contributed by atoms with Gasteiger partial charge in [0.15, 0.2) is 0 Å². The first-order valence-electron chi connectivity index (χ1n) is 17.9. The Hall–Kier alpha value is -5.68. The van der Waals surface area contributed by atoms with Crippen molar-refractivity contribution in [2.45, 2.75) is 103 Å². The number of aliphatic hydroxyl groups excluding tert-OH is 1. The molecule has 0 saturated heterocycles. The number of H-pyrrole nitrogens is 1. The lowest BCUT2D eigenvalue weighted by atomic mass is 9.94. The van der Waals surface area contributed by atoms with Gasteiger partial charge in [-0.3, -0.25) is 29.4 Å². The summed E-state index contributed by atoms with van der Waals surface area (Å²) in [7, 11) is 1.11. The number of carbonyl (C=O) groups is 5. The van der Waals surface area contributed by atoms with Gasteiger partial charge < -0.3 is 35.9 Å². The summed E-state index contributed by atoms with van der Waals surface area (Å²) in [5.41, 5.74) is 6.81. The number of nitrogens with two attached hydrogens (primary N) is 1. The Balaban J connectivity index is 2.00. The highest BCUT2D eigenvalue weighted by atomic mass is 16.6. The normalized spacial score (nSPS) is 14.6. The summed E-state index contributed by atoms with van der Waals surface area (Å²) in [5, 5.41) is 27.4. The van der Waals surface area contributed by atoms with Gasteiger partial charge >= 0.3 is 12.1 Å². The summed E-state index contributed by atoms with van der Waals surface area (Å²) in [5.74, 6) is -4.30. The number of aromatic amines is 1. The molecule has 3 rings (SSSR count). The number of ether oxygens (including phenoxy) is 2. The number of imide groups is 1. The number of benzene rings is 2. The van der Waals surface area contributed by atoms with Crippen LogP contribution >= 0.6 is 0 Å². The van der Waals surface area contributed by atoms with Crippen LogP contribution in [0.4, 0.5) is 10.5 Å². The van der Waals surface area contributed by atoms with Gasteiger partial charge in [-0.05, 0) is 44.2 Å². The minimum atomic E-state index is -1.53. The third kappa shape index (κ3) is 13.3. The number of rotatable bonds is 18. The molecule has 6 atom stereocenters. The summed E-state index contributed by atoms with van der Waals surface area (Å²) in [4.78, 5) is 87.4. The fourth-order valence-electron chi connectivity index (χ4n) is 5.70. The minimum absolute atomic E-state index is 0.00831. The van der Waals surface area contributed by atoms with Gasteiger partial charge in [0.05, 0.1) is 36.6 Å². The molecule has 1 aromatic heterocycles. The zero-order valence-electron chi connectivity index (χ0n) is 31.9. The van der Waals surface area contributed by atoms with E-state index >= 15 is 0 Å². The molecular formula is C38H51N7O10. The van der Waals surface area contributed by atoms with Crippen molar-refractivity contribution in [3.63, 3.8) is 0 Å². The number of aliphatic hydroxyl groups is 1. The van der Waals surface area contributed by atoms with Gasteiger partial charge in [0.2, 0.25) is 11.8 Å². The van der Waals surface area contributed by atoms with Crippen LogP contribution in [0.25, 0.3) is 0 Å². The summed E-state index contributed by atoms with van der Waals surface area (Å²) >= 11 is 0. The van der Waals surface area contributed by atoms with Gasteiger partial charge in [-0.2, -0.15) is 0 Å². The SMILES string of the molecule is CC[C@H](C)[C@@H](C(=O)OC)N(C(=O)CC(O)[C@@H](N)Cc1ccc([N+](=O)[O-])cc1)C(=O)[C@H](Cc1c[nH]cn1)NC(=O)[C@H](Cc1ccccc1)NC(=O)OC(C)(C)C. The number of hydrogen-bond acceptors (Lipinski definition) is 12. The van der Waals surface area contributed by atoms with Crippen molar-refractivity contribution in [2.75, 3.05) is 7.11 Å². The number of nitro benzene ring substituents is 1. The summed E-state index contributed by atoms with van der Waals surface area (Å²) < 4.78 is 10.4. The van der Waals surface area contributed by atoms with Crippen LogP contribution in [0.2, 0.25) is 0 Å². The molecule has 0 spiro atoms. The fourth-order valence-corrected chi connectivity index (χ4v) is 5.70. The predicted octanol–water partition coefficient (Wildman–Crippen LogP) is 2.75. The average molecular weight is 766 g/mol. The molecule has 3 aromatic rings. The second-order valence-electron chi connectivity index (χ2n) is 14.2.